The van der Waals surface area contributed by atoms with Crippen molar-refractivity contribution < 1.29 is 19.1 Å². The number of carbonyl (C=O) groups excluding carboxylic acids is 2. The molecule has 1 atom stereocenters. The van der Waals surface area contributed by atoms with Crippen LogP contribution in [0.5, 0.6) is 0 Å². The standard InChI is InChI=1S/C18H27NO4/c1-11(2)16(23-17(20)12(3)4)14-7-9-15(10-8-14)19-18(21)22-13(5)6/h7-13,16H,1-6H3,(H,19,21). The fourth-order valence-corrected chi connectivity index (χ4v) is 1.97. The minimum absolute atomic E-state index is 0.155. The molecule has 0 aliphatic heterocycles. The zero-order valence-corrected chi connectivity index (χ0v) is 14.8. The number of ether oxygens (including phenoxy) is 2. The van der Waals surface area contributed by atoms with Crippen LogP contribution < -0.4 is 5.32 Å². The topological polar surface area (TPSA) is 64.6 Å². The summed E-state index contributed by atoms with van der Waals surface area (Å²) in [7, 11) is 0. The fraction of sp³-hybridized carbons (Fsp3) is 0.556. The summed E-state index contributed by atoms with van der Waals surface area (Å²) in [6.07, 6.45) is -0.962. The van der Waals surface area contributed by atoms with Crippen molar-refractivity contribution in [2.45, 2.75) is 53.8 Å². The second kappa shape index (κ2) is 8.56. The van der Waals surface area contributed by atoms with E-state index in [1.54, 1.807) is 26.0 Å². The Hall–Kier alpha value is -2.04. The van der Waals surface area contributed by atoms with E-state index in [-0.39, 0.29) is 30.0 Å². The first-order valence-electron chi connectivity index (χ1n) is 7.98. The molecular weight excluding hydrogens is 294 g/mol. The molecule has 0 aliphatic rings. The van der Waals surface area contributed by atoms with Crippen LogP contribution in [0.1, 0.15) is 53.2 Å². The van der Waals surface area contributed by atoms with Crippen molar-refractivity contribution in [3.8, 4) is 0 Å². The van der Waals surface area contributed by atoms with Crippen molar-refractivity contribution >= 4 is 17.7 Å². The summed E-state index contributed by atoms with van der Waals surface area (Å²) in [5.74, 6) is -0.225. The van der Waals surface area contributed by atoms with Gasteiger partial charge in [0.05, 0.1) is 12.0 Å². The van der Waals surface area contributed by atoms with Crippen LogP contribution >= 0.6 is 0 Å². The van der Waals surface area contributed by atoms with Gasteiger partial charge < -0.3 is 9.47 Å². The number of anilines is 1. The Balaban J connectivity index is 2.79. The molecular formula is C18H27NO4. The van der Waals surface area contributed by atoms with Crippen LogP contribution in [0, 0.1) is 11.8 Å². The lowest BCUT2D eigenvalue weighted by atomic mass is 9.98. The van der Waals surface area contributed by atoms with Crippen molar-refractivity contribution in [2.75, 3.05) is 5.32 Å². The third kappa shape index (κ3) is 6.30. The number of hydrogen-bond donors (Lipinski definition) is 1. The van der Waals surface area contributed by atoms with Gasteiger partial charge in [-0.1, -0.05) is 39.8 Å². The van der Waals surface area contributed by atoms with Crippen LogP contribution in [0.15, 0.2) is 24.3 Å². The molecule has 0 fully saturated rings. The van der Waals surface area contributed by atoms with Gasteiger partial charge in [-0.15, -0.1) is 0 Å². The molecule has 1 aromatic rings. The van der Waals surface area contributed by atoms with Gasteiger partial charge in [-0.2, -0.15) is 0 Å². The smallest absolute Gasteiger partial charge is 0.411 e. The first kappa shape index (κ1) is 19.0. The van der Waals surface area contributed by atoms with Crippen LogP contribution in [-0.4, -0.2) is 18.2 Å². The summed E-state index contributed by atoms with van der Waals surface area (Å²) >= 11 is 0. The highest BCUT2D eigenvalue weighted by Gasteiger charge is 2.22. The van der Waals surface area contributed by atoms with Gasteiger partial charge in [-0.05, 0) is 37.5 Å². The lowest BCUT2D eigenvalue weighted by Gasteiger charge is -2.23. The normalized spacial score (nSPS) is 12.4. The highest BCUT2D eigenvalue weighted by atomic mass is 16.6. The minimum Gasteiger partial charge on any atom is -0.457 e. The maximum absolute atomic E-state index is 11.9. The van der Waals surface area contributed by atoms with Crippen LogP contribution in [0.3, 0.4) is 0 Å². The predicted octanol–water partition coefficient (Wildman–Crippen LogP) is 4.54. The maximum atomic E-state index is 11.9. The lowest BCUT2D eigenvalue weighted by Crippen LogP contribution is -2.20. The highest BCUT2D eigenvalue weighted by Crippen LogP contribution is 2.28. The van der Waals surface area contributed by atoms with E-state index in [1.807, 2.05) is 39.8 Å². The van der Waals surface area contributed by atoms with Gasteiger partial charge in [0.1, 0.15) is 6.10 Å². The predicted molar refractivity (Wildman–Crippen MR) is 90.2 cm³/mol. The van der Waals surface area contributed by atoms with Crippen LogP contribution in [0.4, 0.5) is 10.5 Å². The van der Waals surface area contributed by atoms with Crippen molar-refractivity contribution in [1.29, 1.82) is 0 Å². The summed E-state index contributed by atoms with van der Waals surface area (Å²) < 4.78 is 10.6. The number of nitrogens with one attached hydrogen (secondary N) is 1. The number of esters is 1. The van der Waals surface area contributed by atoms with Crippen LogP contribution in [0.25, 0.3) is 0 Å². The van der Waals surface area contributed by atoms with Crippen molar-refractivity contribution in [3.63, 3.8) is 0 Å². The number of benzene rings is 1. The van der Waals surface area contributed by atoms with Crippen molar-refractivity contribution in [2.24, 2.45) is 11.8 Å². The summed E-state index contributed by atoms with van der Waals surface area (Å²) in [5, 5.41) is 2.66. The minimum atomic E-state index is -0.487. The molecule has 0 bridgehead atoms. The van der Waals surface area contributed by atoms with Gasteiger partial charge in [0.25, 0.3) is 0 Å². The second-order valence-corrected chi connectivity index (χ2v) is 6.46. The Labute approximate surface area is 138 Å². The largest absolute Gasteiger partial charge is 0.457 e. The molecule has 1 unspecified atom stereocenters. The van der Waals surface area contributed by atoms with Gasteiger partial charge in [0, 0.05) is 5.69 Å². The Kier molecular flexibility index (Phi) is 7.07. The maximum Gasteiger partial charge on any atom is 0.411 e. The fourth-order valence-electron chi connectivity index (χ4n) is 1.97. The van der Waals surface area contributed by atoms with Crippen LogP contribution in [-0.2, 0) is 14.3 Å². The Morgan fingerprint density at radius 3 is 1.91 bits per heavy atom. The zero-order chi connectivity index (χ0) is 17.6. The third-order valence-corrected chi connectivity index (χ3v) is 3.15. The first-order chi connectivity index (χ1) is 10.7. The Morgan fingerprint density at radius 2 is 1.48 bits per heavy atom. The number of hydrogen-bond acceptors (Lipinski definition) is 4. The molecule has 0 saturated carbocycles. The van der Waals surface area contributed by atoms with E-state index in [4.69, 9.17) is 9.47 Å². The monoisotopic (exact) mass is 321 g/mol. The van der Waals surface area contributed by atoms with Gasteiger partial charge in [-0.25, -0.2) is 4.79 Å². The molecule has 0 aliphatic carbocycles. The van der Waals surface area contributed by atoms with E-state index in [0.29, 0.717) is 5.69 Å². The summed E-state index contributed by atoms with van der Waals surface area (Å²) in [6.45, 7) is 11.2. The molecule has 0 spiro atoms. The van der Waals surface area contributed by atoms with E-state index in [0.717, 1.165) is 5.56 Å². The Bertz CT molecular complexity index is 520. The van der Waals surface area contributed by atoms with E-state index in [1.165, 1.54) is 0 Å². The molecule has 5 nitrogen and oxygen atoms in total. The number of amides is 1. The molecule has 1 aromatic carbocycles. The Morgan fingerprint density at radius 1 is 0.913 bits per heavy atom. The molecule has 23 heavy (non-hydrogen) atoms. The van der Waals surface area contributed by atoms with E-state index >= 15 is 0 Å². The van der Waals surface area contributed by atoms with E-state index < -0.39 is 6.09 Å². The second-order valence-electron chi connectivity index (χ2n) is 6.46. The highest BCUT2D eigenvalue weighted by molar-refractivity contribution is 5.84. The number of carbonyl (C=O) groups is 2. The molecule has 5 heteroatoms. The SMILES string of the molecule is CC(C)OC(=O)Nc1ccc(C(OC(=O)C(C)C)C(C)C)cc1. The number of rotatable bonds is 6. The van der Waals surface area contributed by atoms with Crippen LogP contribution in [0.2, 0.25) is 0 Å². The van der Waals surface area contributed by atoms with E-state index in [9.17, 15) is 9.59 Å². The summed E-state index contributed by atoms with van der Waals surface area (Å²) in [6, 6.07) is 7.25. The molecule has 128 valence electrons. The summed E-state index contributed by atoms with van der Waals surface area (Å²) in [5.41, 5.74) is 1.54. The summed E-state index contributed by atoms with van der Waals surface area (Å²) in [4.78, 5) is 23.4. The van der Waals surface area contributed by atoms with Crippen molar-refractivity contribution in [3.05, 3.63) is 29.8 Å². The first-order valence-corrected chi connectivity index (χ1v) is 7.98. The van der Waals surface area contributed by atoms with Gasteiger partial charge >= 0.3 is 12.1 Å². The quantitative estimate of drug-likeness (QED) is 0.781. The zero-order valence-electron chi connectivity index (χ0n) is 14.8. The average molecular weight is 321 g/mol. The van der Waals surface area contributed by atoms with Crippen molar-refractivity contribution in [1.82, 2.24) is 0 Å². The molecule has 0 saturated heterocycles. The van der Waals surface area contributed by atoms with E-state index in [2.05, 4.69) is 5.32 Å². The van der Waals surface area contributed by atoms with Gasteiger partial charge in [0.2, 0.25) is 0 Å². The third-order valence-electron chi connectivity index (χ3n) is 3.15. The lowest BCUT2D eigenvalue weighted by molar-refractivity contribution is -0.155. The average Bonchev–Trinajstić information content (AvgIpc) is 2.44. The van der Waals surface area contributed by atoms with Gasteiger partial charge in [0.15, 0.2) is 0 Å². The molecule has 0 aromatic heterocycles. The molecule has 1 rings (SSSR count). The molecule has 1 amide bonds. The molecule has 0 heterocycles. The molecule has 0 radical (unpaired) electrons. The molecule has 1 N–H and O–H groups in total. The van der Waals surface area contributed by atoms with Gasteiger partial charge in [-0.3, -0.25) is 10.1 Å².